The van der Waals surface area contributed by atoms with Crippen LogP contribution >= 0.6 is 34.8 Å². The van der Waals surface area contributed by atoms with E-state index in [4.69, 9.17) is 39.5 Å². The summed E-state index contributed by atoms with van der Waals surface area (Å²) < 4.78 is 45.8. The van der Waals surface area contributed by atoms with Crippen molar-refractivity contribution in [2.75, 3.05) is 19.7 Å². The summed E-state index contributed by atoms with van der Waals surface area (Å²) in [6, 6.07) is 8.28. The highest BCUT2D eigenvalue weighted by Gasteiger charge is 2.32. The highest BCUT2D eigenvalue weighted by molar-refractivity contribution is 7.89. The lowest BCUT2D eigenvalue weighted by Crippen LogP contribution is -2.42. The highest BCUT2D eigenvalue weighted by Crippen LogP contribution is 2.31. The molecule has 25 heavy (non-hydrogen) atoms. The first-order valence-corrected chi connectivity index (χ1v) is 9.87. The molecule has 1 heterocycles. The number of rotatable bonds is 3. The van der Waals surface area contributed by atoms with Gasteiger partial charge in [0, 0.05) is 23.1 Å². The molecule has 0 amide bonds. The average Bonchev–Trinajstić information content (AvgIpc) is 2.56. The lowest BCUT2D eigenvalue weighted by molar-refractivity contribution is -0.00254. The van der Waals surface area contributed by atoms with Crippen molar-refractivity contribution in [3.63, 3.8) is 0 Å². The number of benzene rings is 2. The van der Waals surface area contributed by atoms with Gasteiger partial charge in [-0.3, -0.25) is 0 Å². The number of hydrogen-bond acceptors (Lipinski definition) is 3. The van der Waals surface area contributed by atoms with Gasteiger partial charge in [-0.1, -0.05) is 34.8 Å². The van der Waals surface area contributed by atoms with Gasteiger partial charge in [-0.15, -0.1) is 0 Å². The summed E-state index contributed by atoms with van der Waals surface area (Å²) in [6.45, 7) is 0.485. The largest absolute Gasteiger partial charge is 0.371 e. The van der Waals surface area contributed by atoms with Gasteiger partial charge in [-0.25, -0.2) is 12.8 Å². The molecule has 1 fully saturated rings. The van der Waals surface area contributed by atoms with Crippen LogP contribution in [-0.4, -0.2) is 32.4 Å². The first-order valence-electron chi connectivity index (χ1n) is 7.30. The molecule has 2 aromatic carbocycles. The van der Waals surface area contributed by atoms with Gasteiger partial charge >= 0.3 is 0 Å². The van der Waals surface area contributed by atoms with Crippen molar-refractivity contribution >= 4 is 44.8 Å². The number of hydrogen-bond donors (Lipinski definition) is 0. The van der Waals surface area contributed by atoms with E-state index in [0.717, 1.165) is 12.1 Å². The van der Waals surface area contributed by atoms with E-state index in [1.165, 1.54) is 10.4 Å². The van der Waals surface area contributed by atoms with Crippen LogP contribution in [0.25, 0.3) is 0 Å². The quantitative estimate of drug-likeness (QED) is 0.726. The molecule has 0 bridgehead atoms. The summed E-state index contributed by atoms with van der Waals surface area (Å²) in [4.78, 5) is -0.0660. The summed E-state index contributed by atoms with van der Waals surface area (Å²) in [5, 5.41) is 0.639. The Morgan fingerprint density at radius 1 is 1.08 bits per heavy atom. The van der Waals surface area contributed by atoms with Gasteiger partial charge in [0.15, 0.2) is 0 Å². The molecule has 1 aliphatic heterocycles. The van der Waals surface area contributed by atoms with Gasteiger partial charge in [0.25, 0.3) is 0 Å². The number of sulfonamides is 1. The molecule has 0 saturated carbocycles. The zero-order valence-electron chi connectivity index (χ0n) is 12.8. The van der Waals surface area contributed by atoms with E-state index in [1.54, 1.807) is 18.2 Å². The van der Waals surface area contributed by atoms with E-state index in [0.29, 0.717) is 15.6 Å². The van der Waals surface area contributed by atoms with Crippen LogP contribution in [0.5, 0.6) is 0 Å². The molecule has 4 nitrogen and oxygen atoms in total. The minimum atomic E-state index is -3.83. The van der Waals surface area contributed by atoms with Gasteiger partial charge < -0.3 is 4.74 Å². The summed E-state index contributed by atoms with van der Waals surface area (Å²) in [7, 11) is -3.83. The topological polar surface area (TPSA) is 46.6 Å². The first kappa shape index (κ1) is 18.9. The van der Waals surface area contributed by atoms with Crippen molar-refractivity contribution in [3.05, 3.63) is 62.8 Å². The van der Waals surface area contributed by atoms with E-state index in [1.807, 2.05) is 0 Å². The molecule has 0 N–H and O–H groups in total. The van der Waals surface area contributed by atoms with Crippen molar-refractivity contribution in [3.8, 4) is 0 Å². The van der Waals surface area contributed by atoms with Gasteiger partial charge in [-0.2, -0.15) is 4.31 Å². The van der Waals surface area contributed by atoms with E-state index in [-0.39, 0.29) is 29.6 Å². The van der Waals surface area contributed by atoms with Gasteiger partial charge in [0.05, 0.1) is 22.6 Å². The molecule has 0 spiro atoms. The molecule has 2 aromatic rings. The summed E-state index contributed by atoms with van der Waals surface area (Å²) in [5.41, 5.74) is 0.689. The van der Waals surface area contributed by atoms with E-state index >= 15 is 0 Å². The van der Waals surface area contributed by atoms with Gasteiger partial charge in [-0.05, 0) is 42.0 Å². The van der Waals surface area contributed by atoms with E-state index in [2.05, 4.69) is 0 Å². The zero-order valence-corrected chi connectivity index (χ0v) is 15.8. The van der Waals surface area contributed by atoms with Crippen molar-refractivity contribution in [1.29, 1.82) is 0 Å². The Kier molecular flexibility index (Phi) is 5.58. The zero-order chi connectivity index (χ0) is 18.2. The minimum Gasteiger partial charge on any atom is -0.371 e. The van der Waals surface area contributed by atoms with E-state index < -0.39 is 21.9 Å². The van der Waals surface area contributed by atoms with Crippen LogP contribution in [0, 0.1) is 5.82 Å². The van der Waals surface area contributed by atoms with Crippen molar-refractivity contribution in [2.24, 2.45) is 0 Å². The predicted octanol–water partition coefficient (Wildman–Crippen LogP) is 4.55. The number of halogens is 4. The van der Waals surface area contributed by atoms with Crippen molar-refractivity contribution in [2.45, 2.75) is 11.0 Å². The fraction of sp³-hybridized carbons (Fsp3) is 0.250. The molecule has 9 heteroatoms. The predicted molar refractivity (Wildman–Crippen MR) is 95.3 cm³/mol. The second-order valence-corrected chi connectivity index (χ2v) is 8.72. The SMILES string of the molecule is O=S(=O)(c1ccc(F)c(Cl)c1)N1CCOC(c2cc(Cl)cc(Cl)c2)C1. The number of nitrogens with zero attached hydrogens (tertiary/aromatic N) is 1. The number of morpholine rings is 1. The Morgan fingerprint density at radius 2 is 1.76 bits per heavy atom. The Balaban J connectivity index is 1.88. The third-order valence-electron chi connectivity index (χ3n) is 3.81. The Hall–Kier alpha value is -0.890. The van der Waals surface area contributed by atoms with Crippen LogP contribution in [0.4, 0.5) is 4.39 Å². The van der Waals surface area contributed by atoms with Crippen LogP contribution in [-0.2, 0) is 14.8 Å². The van der Waals surface area contributed by atoms with Crippen LogP contribution in [0.15, 0.2) is 41.3 Å². The smallest absolute Gasteiger partial charge is 0.243 e. The average molecular weight is 425 g/mol. The van der Waals surface area contributed by atoms with Gasteiger partial charge in [0.2, 0.25) is 10.0 Å². The normalized spacial score (nSPS) is 19.1. The lowest BCUT2D eigenvalue weighted by atomic mass is 10.1. The Morgan fingerprint density at radius 3 is 2.40 bits per heavy atom. The second kappa shape index (κ2) is 7.39. The molecular formula is C16H13Cl3FNO3S. The van der Waals surface area contributed by atoms with Gasteiger partial charge in [0.1, 0.15) is 5.82 Å². The minimum absolute atomic E-state index is 0.0660. The molecule has 0 aromatic heterocycles. The Labute approximate surface area is 160 Å². The third-order valence-corrected chi connectivity index (χ3v) is 6.40. The molecule has 134 valence electrons. The fourth-order valence-electron chi connectivity index (χ4n) is 2.59. The molecule has 0 aliphatic carbocycles. The maximum absolute atomic E-state index is 13.3. The maximum atomic E-state index is 13.3. The molecule has 3 rings (SSSR count). The van der Waals surface area contributed by atoms with E-state index in [9.17, 15) is 12.8 Å². The molecule has 1 atom stereocenters. The second-order valence-electron chi connectivity index (χ2n) is 5.50. The first-order chi connectivity index (χ1) is 11.8. The standard InChI is InChI=1S/C16H13Cl3FNO3S/c17-11-5-10(6-12(18)7-11)16-9-21(3-4-24-16)25(22,23)13-1-2-15(20)14(19)8-13/h1-2,5-8,16H,3-4,9H2. The van der Waals surface area contributed by atoms with Crippen LogP contribution in [0.1, 0.15) is 11.7 Å². The number of ether oxygens (including phenoxy) is 1. The fourth-order valence-corrected chi connectivity index (χ4v) is 4.83. The molecule has 1 aliphatic rings. The lowest BCUT2D eigenvalue weighted by Gasteiger charge is -2.32. The van der Waals surface area contributed by atoms with Crippen molar-refractivity contribution < 1.29 is 17.5 Å². The van der Waals surface area contributed by atoms with Crippen LogP contribution in [0.2, 0.25) is 15.1 Å². The third kappa shape index (κ3) is 4.10. The van der Waals surface area contributed by atoms with Crippen LogP contribution in [0.3, 0.4) is 0 Å². The highest BCUT2D eigenvalue weighted by atomic mass is 35.5. The summed E-state index contributed by atoms with van der Waals surface area (Å²) in [6.07, 6.45) is -0.504. The Bertz CT molecular complexity index is 887. The summed E-state index contributed by atoms with van der Waals surface area (Å²) in [5.74, 6) is -0.672. The molecule has 1 unspecified atom stereocenters. The molecule has 0 radical (unpaired) electrons. The maximum Gasteiger partial charge on any atom is 0.243 e. The summed E-state index contributed by atoms with van der Waals surface area (Å²) >= 11 is 17.7. The monoisotopic (exact) mass is 423 g/mol. The van der Waals surface area contributed by atoms with Crippen LogP contribution < -0.4 is 0 Å². The molecule has 1 saturated heterocycles. The van der Waals surface area contributed by atoms with Crippen molar-refractivity contribution in [1.82, 2.24) is 4.31 Å². The molecular weight excluding hydrogens is 412 g/mol.